The fourth-order valence-corrected chi connectivity index (χ4v) is 10.3. The summed E-state index contributed by atoms with van der Waals surface area (Å²) in [5.41, 5.74) is 13.3. The Kier molecular flexibility index (Phi) is 18.0. The van der Waals surface area contributed by atoms with Gasteiger partial charge in [-0.3, -0.25) is 4.79 Å². The van der Waals surface area contributed by atoms with Gasteiger partial charge < -0.3 is 59.2 Å². The number of sulfonamides is 1. The average molecular weight is 1090 g/mol. The Hall–Kier alpha value is -7.36. The number of methoxy groups -OCH3 is 1. The second kappa shape index (κ2) is 24.8. The summed E-state index contributed by atoms with van der Waals surface area (Å²) in [7, 11) is 0.682. The van der Waals surface area contributed by atoms with Crippen LogP contribution < -0.4 is 31.2 Å². The number of fused-ring (bicyclic) bond motifs is 2. The topological polar surface area (TPSA) is 206 Å². The minimum Gasteiger partial charge on any atom is -0.495 e. The number of hydrogen-bond donors (Lipinski definition) is 4. The first-order chi connectivity index (χ1) is 36.9. The first-order valence-corrected chi connectivity index (χ1v) is 26.3. The number of halogens is 4. The molecule has 0 aliphatic carbocycles. The molecule has 1 fully saturated rings. The van der Waals surface area contributed by atoms with Gasteiger partial charge in [-0.1, -0.05) is 29.3 Å². The summed E-state index contributed by atoms with van der Waals surface area (Å²) in [5.74, 6) is 6.83. The third-order valence-electron chi connectivity index (χ3n) is 13.0. The van der Waals surface area contributed by atoms with Gasteiger partial charge in [-0.2, -0.15) is 17.5 Å². The van der Waals surface area contributed by atoms with Crippen LogP contribution in [0.15, 0.2) is 94.6 Å². The quantitative estimate of drug-likeness (QED) is 0.0216. The molecule has 0 unspecified atom stereocenters. The summed E-state index contributed by atoms with van der Waals surface area (Å²) in [6, 6.07) is 21.6. The van der Waals surface area contributed by atoms with E-state index >= 15 is 0 Å². The van der Waals surface area contributed by atoms with Gasteiger partial charge in [-0.25, -0.2) is 17.8 Å². The largest absolute Gasteiger partial charge is 0.495 e. The lowest BCUT2D eigenvalue weighted by molar-refractivity contribution is -0.140. The number of likely N-dealkylation sites (N-methyl/N-ethyl adjacent to an activating group) is 1. The van der Waals surface area contributed by atoms with Gasteiger partial charge in [0.1, 0.15) is 35.5 Å². The molecule has 77 heavy (non-hydrogen) atoms. The lowest BCUT2D eigenvalue weighted by atomic mass is 10.0. The summed E-state index contributed by atoms with van der Waals surface area (Å²) in [6.45, 7) is 4.66. The number of hydrogen-bond acceptors (Lipinski definition) is 14. The van der Waals surface area contributed by atoms with Crippen molar-refractivity contribution in [1.29, 1.82) is 0 Å². The number of aromatic nitrogens is 4. The van der Waals surface area contributed by atoms with Crippen molar-refractivity contribution in [2.24, 2.45) is 0 Å². The monoisotopic (exact) mass is 1090 g/mol. The molecular formula is C54H62F4N10O8S. The van der Waals surface area contributed by atoms with Crippen LogP contribution >= 0.6 is 0 Å². The van der Waals surface area contributed by atoms with Crippen LogP contribution in [0, 0.1) is 25.7 Å². The van der Waals surface area contributed by atoms with Crippen molar-refractivity contribution in [2.45, 2.75) is 56.6 Å². The molecule has 7 aromatic rings. The van der Waals surface area contributed by atoms with Gasteiger partial charge in [-0.15, -0.1) is 0 Å². The number of nitrogens with two attached hydrogens (primary N) is 1. The summed E-state index contributed by atoms with van der Waals surface area (Å²) >= 11 is 0. The number of nitrogens with one attached hydrogen (secondary N) is 3. The number of imidazole rings is 1. The molecule has 1 amide bonds. The van der Waals surface area contributed by atoms with E-state index in [1.807, 2.05) is 60.7 Å². The zero-order valence-corrected chi connectivity index (χ0v) is 44.2. The number of carbonyl (C=O) groups excluding carboxylic acids is 1. The lowest BCUT2D eigenvalue weighted by Gasteiger charge is -2.33. The van der Waals surface area contributed by atoms with Crippen molar-refractivity contribution in [2.75, 3.05) is 103 Å². The molecule has 5 N–H and O–H groups in total. The third kappa shape index (κ3) is 14.0. The van der Waals surface area contributed by atoms with Crippen LogP contribution in [-0.4, -0.2) is 148 Å². The maximum atomic E-state index is 14.9. The number of ether oxygens (including phenoxy) is 4. The molecule has 0 radical (unpaired) electrons. The molecule has 0 spiro atoms. The highest BCUT2D eigenvalue weighted by molar-refractivity contribution is 7.89. The van der Waals surface area contributed by atoms with Crippen LogP contribution in [-0.2, 0) is 37.4 Å². The zero-order chi connectivity index (χ0) is 54.9. The number of amides is 1. The first kappa shape index (κ1) is 55.9. The molecular weight excluding hydrogens is 1020 g/mol. The van der Waals surface area contributed by atoms with Crippen molar-refractivity contribution >= 4 is 54.9 Å². The van der Waals surface area contributed by atoms with Gasteiger partial charge >= 0.3 is 6.18 Å². The molecule has 0 saturated carbocycles. The number of nitrogens with zero attached hydrogens (tertiary/aromatic N) is 6. The normalized spacial score (nSPS) is 15.2. The summed E-state index contributed by atoms with van der Waals surface area (Å²) in [4.78, 5) is 19.0. The summed E-state index contributed by atoms with van der Waals surface area (Å²) in [5, 5.41) is 13.6. The van der Waals surface area contributed by atoms with Crippen LogP contribution in [0.1, 0.15) is 29.1 Å². The average Bonchev–Trinajstić information content (AvgIpc) is 4.10. The van der Waals surface area contributed by atoms with E-state index in [9.17, 15) is 30.8 Å². The van der Waals surface area contributed by atoms with Gasteiger partial charge in [0.05, 0.1) is 91.1 Å². The van der Waals surface area contributed by atoms with Crippen molar-refractivity contribution in [3.63, 3.8) is 0 Å². The maximum Gasteiger partial charge on any atom is 0.406 e. The predicted octanol–water partition coefficient (Wildman–Crippen LogP) is 7.23. The number of rotatable bonds is 23. The molecule has 410 valence electrons. The highest BCUT2D eigenvalue weighted by atomic mass is 32.2. The lowest BCUT2D eigenvalue weighted by Crippen LogP contribution is -2.46. The minimum atomic E-state index is -4.53. The molecule has 1 aliphatic heterocycles. The van der Waals surface area contributed by atoms with Gasteiger partial charge in [0, 0.05) is 62.5 Å². The van der Waals surface area contributed by atoms with E-state index in [0.717, 1.165) is 36.8 Å². The van der Waals surface area contributed by atoms with Crippen molar-refractivity contribution < 1.29 is 54.2 Å². The van der Waals surface area contributed by atoms with Crippen LogP contribution in [0.25, 0.3) is 33.1 Å². The molecule has 0 bridgehead atoms. The number of nitrogen functional groups attached to an aromatic ring is 1. The van der Waals surface area contributed by atoms with Gasteiger partial charge in [0.25, 0.3) is 5.91 Å². The molecule has 18 nitrogen and oxygen atoms in total. The summed E-state index contributed by atoms with van der Waals surface area (Å²) in [6.07, 6.45) is -3.40. The highest BCUT2D eigenvalue weighted by Gasteiger charge is 2.31. The number of carbonyl (C=O) groups is 1. The van der Waals surface area contributed by atoms with E-state index in [2.05, 4.69) is 37.9 Å². The second-order valence-electron chi connectivity index (χ2n) is 18.6. The Morgan fingerprint density at radius 2 is 1.78 bits per heavy atom. The van der Waals surface area contributed by atoms with E-state index in [1.54, 1.807) is 36.7 Å². The Labute approximate surface area is 443 Å². The number of anilines is 3. The van der Waals surface area contributed by atoms with E-state index in [4.69, 9.17) is 29.2 Å². The Bertz CT molecular complexity index is 3350. The molecule has 8 rings (SSSR count). The molecule has 1 saturated heterocycles. The second-order valence-corrected chi connectivity index (χ2v) is 20.7. The first-order valence-electron chi connectivity index (χ1n) is 24.8. The third-order valence-corrected chi connectivity index (χ3v) is 14.9. The molecule has 2 atom stereocenters. The van der Waals surface area contributed by atoms with Gasteiger partial charge in [0.2, 0.25) is 10.0 Å². The minimum absolute atomic E-state index is 0.0138. The highest BCUT2D eigenvalue weighted by Crippen LogP contribution is 2.35. The van der Waals surface area contributed by atoms with Gasteiger partial charge in [-0.05, 0) is 99.0 Å². The van der Waals surface area contributed by atoms with Crippen molar-refractivity contribution in [1.82, 2.24) is 33.8 Å². The Morgan fingerprint density at radius 3 is 2.53 bits per heavy atom. The molecule has 4 aromatic carbocycles. The number of benzene rings is 4. The van der Waals surface area contributed by atoms with Crippen molar-refractivity contribution in [3.05, 3.63) is 108 Å². The Balaban J connectivity index is 0.740. The fraction of sp³-hybridized carbons (Fsp3) is 0.389. The predicted molar refractivity (Wildman–Crippen MR) is 285 cm³/mol. The molecule has 4 heterocycles. The number of likely N-dealkylation sites (tertiary alicyclic amines) is 1. The Morgan fingerprint density at radius 1 is 0.987 bits per heavy atom. The molecule has 3 aromatic heterocycles. The van der Waals surface area contributed by atoms with E-state index in [1.165, 1.54) is 32.4 Å². The van der Waals surface area contributed by atoms with Crippen molar-refractivity contribution in [3.8, 4) is 34.5 Å². The SMILES string of the molecule is COc1cc(S(=O)(=O)N(C)CCOCCOCCNC(=O)COc2cccc(Cn3cnc4c(N)cc(-c5c(C)noc5C)cc43)c2)ccc1NCC#Cc1cc2c(N[C@@H]3CCN(C)C[C@@H]3F)cccc2n1CC(F)(F)F. The van der Waals surface area contributed by atoms with Gasteiger partial charge in [0.15, 0.2) is 6.61 Å². The standard InChI is InChI=1S/C54H62F4N10O8S/c1-35-52(36(2)76-64-35)38-26-44(59)53-49(27-38)67(34-62-53)30-37-9-6-11-40(25-37)75-32-51(69)61-18-21-73-23-24-74-22-20-66(4)77(70,71)41-14-15-47(50(29-41)72-5)60-17-8-10-39-28-42-45(63-46-16-19-65(3)31-43(46)55)12-7-13-48(42)68(39)33-54(56,57)58/h6-7,9,11-15,25-29,34,43,46,60,63H,16-24,30-33,59H2,1-5H3,(H,61,69)/t43-,46+/m0/s1. The summed E-state index contributed by atoms with van der Waals surface area (Å²) < 4.78 is 115. The number of alkyl halides is 4. The van der Waals surface area contributed by atoms with E-state index < -0.39 is 35.0 Å². The van der Waals surface area contributed by atoms with Crippen LogP contribution in [0.2, 0.25) is 0 Å². The number of aryl methyl sites for hydroxylation is 2. The van der Waals surface area contributed by atoms with E-state index in [-0.39, 0.29) is 81.5 Å². The fourth-order valence-electron chi connectivity index (χ4n) is 9.10. The number of piperidine rings is 1. The molecule has 23 heteroatoms. The van der Waals surface area contributed by atoms with Crippen LogP contribution in [0.4, 0.5) is 34.6 Å². The van der Waals surface area contributed by atoms with E-state index in [0.29, 0.717) is 64.5 Å². The smallest absolute Gasteiger partial charge is 0.406 e. The van der Waals surface area contributed by atoms with Crippen LogP contribution in [0.5, 0.6) is 11.5 Å². The van der Waals surface area contributed by atoms with Crippen LogP contribution in [0.3, 0.4) is 0 Å². The maximum absolute atomic E-state index is 14.9. The molecule has 1 aliphatic rings. The zero-order valence-electron chi connectivity index (χ0n) is 43.4.